The van der Waals surface area contributed by atoms with Crippen molar-refractivity contribution in [1.29, 1.82) is 0 Å². The molecule has 21 heavy (non-hydrogen) atoms. The second-order valence-electron chi connectivity index (χ2n) is 6.14. The van der Waals surface area contributed by atoms with Gasteiger partial charge in [-0.25, -0.2) is 0 Å². The van der Waals surface area contributed by atoms with Gasteiger partial charge in [0.1, 0.15) is 18.1 Å². The van der Waals surface area contributed by atoms with E-state index in [1.54, 1.807) is 7.11 Å². The second-order valence-corrected chi connectivity index (χ2v) is 6.14. The molecule has 0 bridgehead atoms. The Labute approximate surface area is 126 Å². The van der Waals surface area contributed by atoms with E-state index in [0.29, 0.717) is 12.3 Å². The molecule has 0 aliphatic heterocycles. The molecule has 2 N–H and O–H groups in total. The van der Waals surface area contributed by atoms with Crippen molar-refractivity contribution in [2.45, 2.75) is 32.8 Å². The number of hydrogen-bond donors (Lipinski definition) is 1. The minimum absolute atomic E-state index is 0.109. The van der Waals surface area contributed by atoms with Crippen LogP contribution in [0.1, 0.15) is 31.9 Å². The molecule has 0 radical (unpaired) electrons. The largest absolute Gasteiger partial charge is 0.496 e. The fourth-order valence-corrected chi connectivity index (χ4v) is 2.09. The summed E-state index contributed by atoms with van der Waals surface area (Å²) in [6, 6.07) is 13.8. The summed E-state index contributed by atoms with van der Waals surface area (Å²) < 4.78 is 11.2. The molecule has 112 valence electrons. The third-order valence-corrected chi connectivity index (χ3v) is 3.41. The van der Waals surface area contributed by atoms with Gasteiger partial charge in [0.25, 0.3) is 0 Å². The van der Waals surface area contributed by atoms with Crippen molar-refractivity contribution >= 4 is 5.69 Å². The van der Waals surface area contributed by atoms with Crippen molar-refractivity contribution in [2.75, 3.05) is 12.8 Å². The van der Waals surface area contributed by atoms with E-state index in [9.17, 15) is 0 Å². The summed E-state index contributed by atoms with van der Waals surface area (Å²) >= 11 is 0. The minimum atomic E-state index is 0.109. The topological polar surface area (TPSA) is 44.5 Å². The Kier molecular flexibility index (Phi) is 4.41. The molecular weight excluding hydrogens is 262 g/mol. The molecule has 3 heteroatoms. The highest BCUT2D eigenvalue weighted by atomic mass is 16.5. The third-order valence-electron chi connectivity index (χ3n) is 3.41. The summed E-state index contributed by atoms with van der Waals surface area (Å²) in [4.78, 5) is 0. The smallest absolute Gasteiger partial charge is 0.127 e. The first-order valence-corrected chi connectivity index (χ1v) is 7.06. The van der Waals surface area contributed by atoms with E-state index in [1.807, 2.05) is 30.3 Å². The highest BCUT2D eigenvalue weighted by Crippen LogP contribution is 2.27. The quantitative estimate of drug-likeness (QED) is 0.858. The van der Waals surface area contributed by atoms with Crippen LogP contribution in [0.2, 0.25) is 0 Å². The number of hydrogen-bond acceptors (Lipinski definition) is 3. The van der Waals surface area contributed by atoms with Crippen LogP contribution in [0.15, 0.2) is 42.5 Å². The van der Waals surface area contributed by atoms with Gasteiger partial charge in [0.05, 0.1) is 7.11 Å². The van der Waals surface area contributed by atoms with E-state index in [-0.39, 0.29) is 5.41 Å². The molecule has 2 aromatic rings. The monoisotopic (exact) mass is 285 g/mol. The average molecular weight is 285 g/mol. The number of rotatable bonds is 4. The van der Waals surface area contributed by atoms with Crippen LogP contribution >= 0.6 is 0 Å². The van der Waals surface area contributed by atoms with E-state index in [0.717, 1.165) is 17.1 Å². The van der Waals surface area contributed by atoms with Crippen LogP contribution in [0.4, 0.5) is 5.69 Å². The lowest BCUT2D eigenvalue weighted by atomic mass is 9.87. The van der Waals surface area contributed by atoms with E-state index >= 15 is 0 Å². The first-order chi connectivity index (χ1) is 9.90. The summed E-state index contributed by atoms with van der Waals surface area (Å²) in [5.74, 6) is 1.61. The Morgan fingerprint density at radius 2 is 1.81 bits per heavy atom. The van der Waals surface area contributed by atoms with Crippen molar-refractivity contribution in [1.82, 2.24) is 0 Å². The molecule has 0 amide bonds. The molecule has 0 heterocycles. The Balaban J connectivity index is 2.13. The van der Waals surface area contributed by atoms with Crippen molar-refractivity contribution in [3.05, 3.63) is 53.6 Å². The number of methoxy groups -OCH3 is 1. The van der Waals surface area contributed by atoms with Gasteiger partial charge in [0, 0.05) is 17.3 Å². The predicted octanol–water partition coefficient (Wildman–Crippen LogP) is 4.15. The molecule has 0 atom stereocenters. The van der Waals surface area contributed by atoms with Gasteiger partial charge >= 0.3 is 0 Å². The molecule has 0 aromatic heterocycles. The summed E-state index contributed by atoms with van der Waals surface area (Å²) in [6.07, 6.45) is 0. The van der Waals surface area contributed by atoms with Gasteiger partial charge < -0.3 is 15.2 Å². The molecular formula is C18H23NO2. The summed E-state index contributed by atoms with van der Waals surface area (Å²) in [5, 5.41) is 0. The Morgan fingerprint density at radius 3 is 2.48 bits per heavy atom. The van der Waals surface area contributed by atoms with Gasteiger partial charge in [-0.05, 0) is 35.2 Å². The summed E-state index contributed by atoms with van der Waals surface area (Å²) in [7, 11) is 1.64. The van der Waals surface area contributed by atoms with E-state index in [1.165, 1.54) is 5.56 Å². The standard InChI is InChI=1S/C18H23NO2/c1-18(2,3)14-6-5-7-16(10-14)21-12-13-8-9-15(19)11-17(13)20-4/h5-11H,12,19H2,1-4H3. The fraction of sp³-hybridized carbons (Fsp3) is 0.333. The van der Waals surface area contributed by atoms with E-state index < -0.39 is 0 Å². The number of ether oxygens (including phenoxy) is 2. The highest BCUT2D eigenvalue weighted by Gasteiger charge is 2.14. The SMILES string of the molecule is COc1cc(N)ccc1COc1cccc(C(C)(C)C)c1. The van der Waals surface area contributed by atoms with Crippen LogP contribution < -0.4 is 15.2 Å². The minimum Gasteiger partial charge on any atom is -0.496 e. The van der Waals surface area contributed by atoms with Gasteiger partial charge in [-0.2, -0.15) is 0 Å². The third kappa shape index (κ3) is 3.91. The lowest BCUT2D eigenvalue weighted by Gasteiger charge is -2.20. The maximum atomic E-state index is 5.89. The molecule has 0 fully saturated rings. The molecule has 0 saturated heterocycles. The van der Waals surface area contributed by atoms with Crippen LogP contribution in [-0.4, -0.2) is 7.11 Å². The predicted molar refractivity (Wildman–Crippen MR) is 86.9 cm³/mol. The van der Waals surface area contributed by atoms with Crippen LogP contribution in [0.3, 0.4) is 0 Å². The molecule has 0 unspecified atom stereocenters. The first kappa shape index (κ1) is 15.2. The Morgan fingerprint density at radius 1 is 1.05 bits per heavy atom. The number of nitrogens with two attached hydrogens (primary N) is 1. The lowest BCUT2D eigenvalue weighted by Crippen LogP contribution is -2.11. The van der Waals surface area contributed by atoms with Crippen molar-refractivity contribution in [3.8, 4) is 11.5 Å². The van der Waals surface area contributed by atoms with Crippen LogP contribution in [0.5, 0.6) is 11.5 Å². The van der Waals surface area contributed by atoms with Crippen LogP contribution in [0.25, 0.3) is 0 Å². The summed E-state index contributed by atoms with van der Waals surface area (Å²) in [6.45, 7) is 7.02. The molecule has 0 saturated carbocycles. The second kappa shape index (κ2) is 6.08. The normalized spacial score (nSPS) is 11.2. The molecule has 0 aliphatic rings. The Hall–Kier alpha value is -2.16. The first-order valence-electron chi connectivity index (χ1n) is 7.06. The zero-order valence-corrected chi connectivity index (χ0v) is 13.1. The van der Waals surface area contributed by atoms with Gasteiger partial charge in [-0.3, -0.25) is 0 Å². The molecule has 3 nitrogen and oxygen atoms in total. The van der Waals surface area contributed by atoms with Gasteiger partial charge in [0.2, 0.25) is 0 Å². The molecule has 2 aromatic carbocycles. The number of anilines is 1. The van der Waals surface area contributed by atoms with Gasteiger partial charge in [-0.15, -0.1) is 0 Å². The molecule has 0 aliphatic carbocycles. The average Bonchev–Trinajstić information content (AvgIpc) is 2.45. The number of nitrogen functional groups attached to an aromatic ring is 1. The number of benzene rings is 2. The highest BCUT2D eigenvalue weighted by molar-refractivity contribution is 5.48. The fourth-order valence-electron chi connectivity index (χ4n) is 2.09. The Bertz CT molecular complexity index is 615. The van der Waals surface area contributed by atoms with Crippen LogP contribution in [-0.2, 0) is 12.0 Å². The van der Waals surface area contributed by atoms with E-state index in [2.05, 4.69) is 32.9 Å². The zero-order valence-electron chi connectivity index (χ0n) is 13.1. The van der Waals surface area contributed by atoms with E-state index in [4.69, 9.17) is 15.2 Å². The van der Waals surface area contributed by atoms with Crippen molar-refractivity contribution in [2.24, 2.45) is 0 Å². The summed E-state index contributed by atoms with van der Waals surface area (Å²) in [5.41, 5.74) is 8.79. The lowest BCUT2D eigenvalue weighted by molar-refractivity contribution is 0.296. The zero-order chi connectivity index (χ0) is 15.5. The molecule has 2 rings (SSSR count). The van der Waals surface area contributed by atoms with Gasteiger partial charge in [-0.1, -0.05) is 32.9 Å². The van der Waals surface area contributed by atoms with Crippen LogP contribution in [0, 0.1) is 0 Å². The maximum Gasteiger partial charge on any atom is 0.127 e. The molecule has 0 spiro atoms. The van der Waals surface area contributed by atoms with Gasteiger partial charge in [0.15, 0.2) is 0 Å². The van der Waals surface area contributed by atoms with Crippen molar-refractivity contribution < 1.29 is 9.47 Å². The van der Waals surface area contributed by atoms with Crippen molar-refractivity contribution in [3.63, 3.8) is 0 Å². The maximum absolute atomic E-state index is 5.89.